The number of carbonyl (C=O) groups excluding carboxylic acids is 2. The number of rotatable bonds is 5. The number of fused-ring (bicyclic) bond motifs is 3. The van der Waals surface area contributed by atoms with Gasteiger partial charge >= 0.3 is 6.03 Å². The first kappa shape index (κ1) is 21.8. The zero-order valence-corrected chi connectivity index (χ0v) is 19.5. The van der Waals surface area contributed by atoms with Crippen molar-refractivity contribution in [2.45, 2.75) is 74.7 Å². The van der Waals surface area contributed by atoms with E-state index in [1.807, 2.05) is 13.0 Å². The number of nitrogens with zero attached hydrogens (tertiary/aromatic N) is 1. The smallest absolute Gasteiger partial charge is 0.316 e. The van der Waals surface area contributed by atoms with Crippen molar-refractivity contribution < 1.29 is 14.0 Å². The molecule has 5 rings (SSSR count). The van der Waals surface area contributed by atoms with Gasteiger partial charge in [0.1, 0.15) is 5.42 Å². The molecule has 32 heavy (non-hydrogen) atoms. The van der Waals surface area contributed by atoms with Gasteiger partial charge in [-0.05, 0) is 64.7 Å². The summed E-state index contributed by atoms with van der Waals surface area (Å²) in [6.45, 7) is 5.93. The highest BCUT2D eigenvalue weighted by Crippen LogP contribution is 2.45. The number of hydrogen-bond acceptors (Lipinski definition) is 4. The Hall–Kier alpha value is -1.99. The van der Waals surface area contributed by atoms with E-state index in [2.05, 4.69) is 20.9 Å². The molecule has 3 fully saturated rings. The summed E-state index contributed by atoms with van der Waals surface area (Å²) in [5, 5.41) is 9.66. The Morgan fingerprint density at radius 1 is 1.22 bits per heavy atom. The summed E-state index contributed by atoms with van der Waals surface area (Å²) >= 11 is 6.81. The Bertz CT molecular complexity index is 1020. The van der Waals surface area contributed by atoms with Crippen molar-refractivity contribution in [1.82, 2.24) is 20.9 Å². The molecule has 3 heterocycles. The van der Waals surface area contributed by atoms with Crippen LogP contribution in [0.3, 0.4) is 0 Å². The predicted octanol–water partition coefficient (Wildman–Crippen LogP) is 1.82. The Morgan fingerprint density at radius 2 is 1.97 bits per heavy atom. The van der Waals surface area contributed by atoms with E-state index in [0.29, 0.717) is 17.7 Å². The lowest BCUT2D eigenvalue weighted by Gasteiger charge is -2.52. The van der Waals surface area contributed by atoms with Crippen molar-refractivity contribution in [2.75, 3.05) is 26.2 Å². The molecule has 4 aliphatic rings. The van der Waals surface area contributed by atoms with Crippen LogP contribution in [0.25, 0.3) is 11.6 Å². The highest BCUT2D eigenvalue weighted by atomic mass is 35.5. The molecule has 1 aromatic heterocycles. The Labute approximate surface area is 193 Å². The summed E-state index contributed by atoms with van der Waals surface area (Å²) in [6, 6.07) is 1.60. The molecule has 2 aliphatic carbocycles. The maximum absolute atomic E-state index is 12.8. The van der Waals surface area contributed by atoms with Crippen molar-refractivity contribution >= 4 is 35.2 Å². The molecule has 1 aromatic rings. The number of nitrogens with one attached hydrogen (secondary N) is 3. The van der Waals surface area contributed by atoms with Gasteiger partial charge in [-0.3, -0.25) is 4.79 Å². The van der Waals surface area contributed by atoms with E-state index in [0.717, 1.165) is 69.0 Å². The topological polar surface area (TPSA) is 86.6 Å². The molecule has 2 atom stereocenters. The first-order valence-electron chi connectivity index (χ1n) is 12.0. The number of furan rings is 1. The van der Waals surface area contributed by atoms with Crippen molar-refractivity contribution in [3.63, 3.8) is 0 Å². The van der Waals surface area contributed by atoms with Gasteiger partial charge in [-0.15, -0.1) is 11.6 Å². The summed E-state index contributed by atoms with van der Waals surface area (Å²) in [4.78, 5) is 27.9. The number of amides is 3. The van der Waals surface area contributed by atoms with Gasteiger partial charge in [0.25, 0.3) is 5.91 Å². The molecule has 174 valence electrons. The van der Waals surface area contributed by atoms with Crippen molar-refractivity contribution in [3.05, 3.63) is 22.5 Å². The fraction of sp³-hybridized carbons (Fsp3) is 0.667. The SMILES string of the molecule is CC12NC(=O)NC3(CCCCC3)C1=c1oc(C(=O)NCCCN3CCCC3)cc1=CC2Cl. The largest absolute Gasteiger partial charge is 0.451 e. The van der Waals surface area contributed by atoms with Crippen LogP contribution in [0.5, 0.6) is 0 Å². The van der Waals surface area contributed by atoms with Crippen LogP contribution in [0.4, 0.5) is 4.79 Å². The average molecular weight is 461 g/mol. The number of alkyl halides is 1. The van der Waals surface area contributed by atoms with Crippen LogP contribution in [0, 0.1) is 0 Å². The summed E-state index contributed by atoms with van der Waals surface area (Å²) in [7, 11) is 0. The van der Waals surface area contributed by atoms with Crippen LogP contribution in [-0.2, 0) is 0 Å². The molecule has 0 bridgehead atoms. The molecule has 2 aliphatic heterocycles. The molecule has 0 aromatic carbocycles. The van der Waals surface area contributed by atoms with Gasteiger partial charge in [0.2, 0.25) is 0 Å². The molecule has 8 heteroatoms. The molecular formula is C24H33ClN4O3. The monoisotopic (exact) mass is 460 g/mol. The third-order valence-corrected chi connectivity index (χ3v) is 8.22. The number of likely N-dealkylation sites (tertiary alicyclic amines) is 1. The van der Waals surface area contributed by atoms with Crippen LogP contribution < -0.4 is 26.6 Å². The van der Waals surface area contributed by atoms with E-state index < -0.39 is 16.5 Å². The van der Waals surface area contributed by atoms with Gasteiger partial charge in [-0.25, -0.2) is 4.79 Å². The minimum absolute atomic E-state index is 0.192. The lowest BCUT2D eigenvalue weighted by molar-refractivity contribution is 0.0921. The van der Waals surface area contributed by atoms with Crippen LogP contribution in [-0.4, -0.2) is 59.5 Å². The highest BCUT2D eigenvalue weighted by molar-refractivity contribution is 6.26. The summed E-state index contributed by atoms with van der Waals surface area (Å²) in [5.41, 5.74) is 0.429. The summed E-state index contributed by atoms with van der Waals surface area (Å²) in [6.07, 6.45) is 10.3. The molecule has 1 saturated carbocycles. The third kappa shape index (κ3) is 3.73. The van der Waals surface area contributed by atoms with Crippen LogP contribution in [0.15, 0.2) is 10.5 Å². The summed E-state index contributed by atoms with van der Waals surface area (Å²) in [5.74, 6) is 0.101. The number of carbonyl (C=O) groups is 2. The molecule has 2 unspecified atom stereocenters. The fourth-order valence-electron chi connectivity index (χ4n) is 6.06. The average Bonchev–Trinajstić information content (AvgIpc) is 3.41. The molecule has 3 amide bonds. The molecule has 3 N–H and O–H groups in total. The van der Waals surface area contributed by atoms with Gasteiger partial charge in [0.15, 0.2) is 5.76 Å². The second kappa shape index (κ2) is 8.41. The maximum Gasteiger partial charge on any atom is 0.316 e. The van der Waals surface area contributed by atoms with Gasteiger partial charge in [0.05, 0.1) is 16.5 Å². The summed E-state index contributed by atoms with van der Waals surface area (Å²) < 4.78 is 6.20. The highest BCUT2D eigenvalue weighted by Gasteiger charge is 2.55. The van der Waals surface area contributed by atoms with E-state index in [9.17, 15) is 9.59 Å². The minimum atomic E-state index is -0.754. The van der Waals surface area contributed by atoms with Gasteiger partial charge in [0, 0.05) is 17.3 Å². The van der Waals surface area contributed by atoms with E-state index >= 15 is 0 Å². The zero-order valence-electron chi connectivity index (χ0n) is 18.8. The van der Waals surface area contributed by atoms with Gasteiger partial charge < -0.3 is 25.3 Å². The molecule has 7 nitrogen and oxygen atoms in total. The second-order valence-corrected chi connectivity index (χ2v) is 10.4. The van der Waals surface area contributed by atoms with E-state index in [1.165, 1.54) is 12.8 Å². The standard InChI is InChI=1S/C24H33ClN4O3/c1-23-18(25)15-16-14-17(21(30)26-10-7-13-29-11-5-6-12-29)32-19(16)20(23)24(28-22(31)27-23)8-3-2-4-9-24/h14-15,18H,2-13H2,1H3,(H,26,30)(H2,27,28,31). The maximum atomic E-state index is 12.8. The van der Waals surface area contributed by atoms with Crippen molar-refractivity contribution in [2.24, 2.45) is 0 Å². The quantitative estimate of drug-likeness (QED) is 0.462. The Balaban J connectivity index is 1.43. The Kier molecular flexibility index (Phi) is 5.74. The van der Waals surface area contributed by atoms with E-state index in [1.54, 1.807) is 6.07 Å². The molecule has 1 spiro atoms. The number of hydrogen-bond donors (Lipinski definition) is 3. The minimum Gasteiger partial charge on any atom is -0.451 e. The van der Waals surface area contributed by atoms with Crippen LogP contribution >= 0.6 is 11.6 Å². The van der Waals surface area contributed by atoms with Crippen molar-refractivity contribution in [3.8, 4) is 0 Å². The van der Waals surface area contributed by atoms with Gasteiger partial charge in [-0.1, -0.05) is 25.3 Å². The first-order valence-corrected chi connectivity index (χ1v) is 12.5. The first-order chi connectivity index (χ1) is 15.4. The Morgan fingerprint density at radius 3 is 2.72 bits per heavy atom. The third-order valence-electron chi connectivity index (χ3n) is 7.66. The second-order valence-electron chi connectivity index (χ2n) is 9.92. The molecule has 2 saturated heterocycles. The van der Waals surface area contributed by atoms with Gasteiger partial charge in [-0.2, -0.15) is 0 Å². The normalized spacial score (nSPS) is 29.0. The van der Waals surface area contributed by atoms with E-state index in [4.69, 9.17) is 16.0 Å². The molecular weight excluding hydrogens is 428 g/mol. The predicted molar refractivity (Wildman–Crippen MR) is 124 cm³/mol. The van der Waals surface area contributed by atoms with Crippen LogP contribution in [0.1, 0.15) is 68.8 Å². The number of halogens is 1. The fourth-order valence-corrected chi connectivity index (χ4v) is 6.35. The van der Waals surface area contributed by atoms with Crippen molar-refractivity contribution in [1.29, 1.82) is 0 Å². The zero-order chi connectivity index (χ0) is 22.3. The molecule has 0 radical (unpaired) electrons. The van der Waals surface area contributed by atoms with Crippen LogP contribution in [0.2, 0.25) is 0 Å². The van der Waals surface area contributed by atoms with E-state index in [-0.39, 0.29) is 11.9 Å². The lowest BCUT2D eigenvalue weighted by atomic mass is 9.66. The lowest BCUT2D eigenvalue weighted by Crippen LogP contribution is -2.73. The number of urea groups is 1.